The standard InChI is InChI=1S/C21H21N3O3/c1-26-17-10-5-7-15(13-17)14-19(25)24-12-6-11-18(24)21-23-22-20(27-21)16-8-3-2-4-9-16/h2-5,7-10,13,18H,6,11-12,14H2,1H3. The van der Waals surface area contributed by atoms with Gasteiger partial charge in [-0.15, -0.1) is 10.2 Å². The van der Waals surface area contributed by atoms with Crippen LogP contribution in [0.5, 0.6) is 5.75 Å². The fourth-order valence-corrected chi connectivity index (χ4v) is 3.45. The molecule has 1 aliphatic heterocycles. The Morgan fingerprint density at radius 2 is 2.04 bits per heavy atom. The van der Waals surface area contributed by atoms with Crippen LogP contribution in [0.25, 0.3) is 11.5 Å². The summed E-state index contributed by atoms with van der Waals surface area (Å²) in [7, 11) is 1.62. The average Bonchev–Trinajstić information content (AvgIpc) is 3.38. The maximum atomic E-state index is 12.9. The lowest BCUT2D eigenvalue weighted by Gasteiger charge is -2.22. The average molecular weight is 363 g/mol. The highest BCUT2D eigenvalue weighted by Crippen LogP contribution is 2.33. The van der Waals surface area contributed by atoms with Gasteiger partial charge in [-0.1, -0.05) is 30.3 Å². The zero-order valence-electron chi connectivity index (χ0n) is 15.2. The Balaban J connectivity index is 1.50. The van der Waals surface area contributed by atoms with E-state index in [2.05, 4.69) is 10.2 Å². The van der Waals surface area contributed by atoms with Gasteiger partial charge in [0, 0.05) is 12.1 Å². The van der Waals surface area contributed by atoms with Gasteiger partial charge in [-0.25, -0.2) is 0 Å². The number of carbonyl (C=O) groups is 1. The van der Waals surface area contributed by atoms with E-state index in [4.69, 9.17) is 9.15 Å². The van der Waals surface area contributed by atoms with Crippen LogP contribution in [0.3, 0.4) is 0 Å². The molecule has 4 rings (SSSR count). The van der Waals surface area contributed by atoms with Crippen molar-refractivity contribution in [3.05, 3.63) is 66.1 Å². The Bertz CT molecular complexity index is 923. The van der Waals surface area contributed by atoms with Crippen LogP contribution in [0.4, 0.5) is 0 Å². The molecule has 0 saturated carbocycles. The van der Waals surface area contributed by atoms with Crippen molar-refractivity contribution in [3.8, 4) is 17.2 Å². The van der Waals surface area contributed by atoms with Crippen LogP contribution < -0.4 is 4.74 Å². The first-order valence-corrected chi connectivity index (χ1v) is 9.06. The number of aromatic nitrogens is 2. The maximum absolute atomic E-state index is 12.9. The number of likely N-dealkylation sites (tertiary alicyclic amines) is 1. The van der Waals surface area contributed by atoms with Gasteiger partial charge in [0.2, 0.25) is 17.7 Å². The predicted molar refractivity (Wildman–Crippen MR) is 100 cm³/mol. The Hall–Kier alpha value is -3.15. The molecule has 1 saturated heterocycles. The lowest BCUT2D eigenvalue weighted by atomic mass is 10.1. The second-order valence-electron chi connectivity index (χ2n) is 6.58. The zero-order chi connectivity index (χ0) is 18.6. The molecule has 1 atom stereocenters. The van der Waals surface area contributed by atoms with E-state index in [0.717, 1.165) is 29.7 Å². The first-order chi connectivity index (χ1) is 13.2. The van der Waals surface area contributed by atoms with Gasteiger partial charge in [0.15, 0.2) is 0 Å². The third kappa shape index (κ3) is 3.69. The van der Waals surface area contributed by atoms with Crippen LogP contribution in [-0.4, -0.2) is 34.7 Å². The summed E-state index contributed by atoms with van der Waals surface area (Å²) in [4.78, 5) is 14.7. The number of ether oxygens (including phenoxy) is 1. The van der Waals surface area contributed by atoms with Crippen LogP contribution >= 0.6 is 0 Å². The van der Waals surface area contributed by atoms with Crippen LogP contribution in [0, 0.1) is 0 Å². The summed E-state index contributed by atoms with van der Waals surface area (Å²) in [5, 5.41) is 8.37. The molecule has 1 amide bonds. The number of benzene rings is 2. The van der Waals surface area contributed by atoms with Crippen molar-refractivity contribution < 1.29 is 13.9 Å². The van der Waals surface area contributed by atoms with Gasteiger partial charge in [0.05, 0.1) is 13.5 Å². The number of hydrogen-bond acceptors (Lipinski definition) is 5. The molecule has 1 unspecified atom stereocenters. The summed E-state index contributed by atoms with van der Waals surface area (Å²) >= 11 is 0. The van der Waals surface area contributed by atoms with E-state index < -0.39 is 0 Å². The van der Waals surface area contributed by atoms with Crippen molar-refractivity contribution >= 4 is 5.91 Å². The summed E-state index contributed by atoms with van der Waals surface area (Å²) in [5.41, 5.74) is 1.81. The molecule has 0 bridgehead atoms. The van der Waals surface area contributed by atoms with Crippen LogP contribution in [0.15, 0.2) is 59.0 Å². The van der Waals surface area contributed by atoms with Crippen molar-refractivity contribution in [3.63, 3.8) is 0 Å². The van der Waals surface area contributed by atoms with E-state index in [1.54, 1.807) is 7.11 Å². The first-order valence-electron chi connectivity index (χ1n) is 9.06. The Kier molecular flexibility index (Phi) is 4.87. The van der Waals surface area contributed by atoms with Crippen LogP contribution in [0.1, 0.15) is 30.3 Å². The summed E-state index contributed by atoms with van der Waals surface area (Å²) in [5.74, 6) is 1.80. The molecule has 0 N–H and O–H groups in total. The fraction of sp³-hybridized carbons (Fsp3) is 0.286. The van der Waals surface area contributed by atoms with E-state index in [-0.39, 0.29) is 11.9 Å². The van der Waals surface area contributed by atoms with Crippen molar-refractivity contribution in [2.45, 2.75) is 25.3 Å². The molecule has 2 heterocycles. The third-order valence-electron chi connectivity index (χ3n) is 4.81. The predicted octanol–water partition coefficient (Wildman–Crippen LogP) is 3.65. The smallest absolute Gasteiger partial charge is 0.247 e. The summed E-state index contributed by atoms with van der Waals surface area (Å²) in [6.45, 7) is 0.705. The van der Waals surface area contributed by atoms with E-state index in [0.29, 0.717) is 24.7 Å². The Labute approximate surface area is 157 Å². The van der Waals surface area contributed by atoms with Gasteiger partial charge in [0.1, 0.15) is 11.8 Å². The summed E-state index contributed by atoms with van der Waals surface area (Å²) in [6, 6.07) is 17.1. The van der Waals surface area contributed by atoms with Gasteiger partial charge in [-0.3, -0.25) is 4.79 Å². The molecule has 6 heteroatoms. The summed E-state index contributed by atoms with van der Waals surface area (Å²) < 4.78 is 11.1. The molecule has 0 spiro atoms. The van der Waals surface area contributed by atoms with E-state index in [9.17, 15) is 4.79 Å². The normalized spacial score (nSPS) is 16.5. The quantitative estimate of drug-likeness (QED) is 0.692. The van der Waals surface area contributed by atoms with Crippen molar-refractivity contribution in [1.82, 2.24) is 15.1 Å². The van der Waals surface area contributed by atoms with Crippen molar-refractivity contribution in [2.75, 3.05) is 13.7 Å². The largest absolute Gasteiger partial charge is 0.497 e. The Morgan fingerprint density at radius 3 is 2.85 bits per heavy atom. The van der Waals surface area contributed by atoms with E-state index in [1.165, 1.54) is 0 Å². The topological polar surface area (TPSA) is 68.5 Å². The molecule has 138 valence electrons. The summed E-state index contributed by atoms with van der Waals surface area (Å²) in [6.07, 6.45) is 2.09. The van der Waals surface area contributed by atoms with Crippen LogP contribution in [0.2, 0.25) is 0 Å². The zero-order valence-corrected chi connectivity index (χ0v) is 15.2. The second kappa shape index (κ2) is 7.61. The first kappa shape index (κ1) is 17.3. The molecule has 1 aromatic heterocycles. The second-order valence-corrected chi connectivity index (χ2v) is 6.58. The number of nitrogens with zero attached hydrogens (tertiary/aromatic N) is 3. The van der Waals surface area contributed by atoms with Gasteiger partial charge in [-0.05, 0) is 42.7 Å². The number of carbonyl (C=O) groups excluding carboxylic acids is 1. The number of amides is 1. The van der Waals surface area contributed by atoms with Gasteiger partial charge in [-0.2, -0.15) is 0 Å². The fourth-order valence-electron chi connectivity index (χ4n) is 3.45. The highest BCUT2D eigenvalue weighted by Gasteiger charge is 2.33. The highest BCUT2D eigenvalue weighted by molar-refractivity contribution is 5.79. The van der Waals surface area contributed by atoms with Crippen molar-refractivity contribution in [1.29, 1.82) is 0 Å². The molecular formula is C21H21N3O3. The van der Waals surface area contributed by atoms with E-state index >= 15 is 0 Å². The number of rotatable bonds is 5. The van der Waals surface area contributed by atoms with Crippen molar-refractivity contribution in [2.24, 2.45) is 0 Å². The number of methoxy groups -OCH3 is 1. The van der Waals surface area contributed by atoms with E-state index in [1.807, 2.05) is 59.5 Å². The minimum Gasteiger partial charge on any atom is -0.497 e. The molecule has 1 aliphatic rings. The minimum absolute atomic E-state index is 0.0604. The molecular weight excluding hydrogens is 342 g/mol. The maximum Gasteiger partial charge on any atom is 0.247 e. The molecule has 6 nitrogen and oxygen atoms in total. The lowest BCUT2D eigenvalue weighted by molar-refractivity contribution is -0.131. The molecule has 0 radical (unpaired) electrons. The molecule has 1 fully saturated rings. The number of hydrogen-bond donors (Lipinski definition) is 0. The lowest BCUT2D eigenvalue weighted by Crippen LogP contribution is -2.32. The van der Waals surface area contributed by atoms with Gasteiger partial charge >= 0.3 is 0 Å². The SMILES string of the molecule is COc1cccc(CC(=O)N2CCCC2c2nnc(-c3ccccc3)o2)c1. The van der Waals surface area contributed by atoms with Gasteiger partial charge < -0.3 is 14.1 Å². The third-order valence-corrected chi connectivity index (χ3v) is 4.81. The van der Waals surface area contributed by atoms with Gasteiger partial charge in [0.25, 0.3) is 0 Å². The highest BCUT2D eigenvalue weighted by atomic mass is 16.5. The monoisotopic (exact) mass is 363 g/mol. The molecule has 0 aliphatic carbocycles. The minimum atomic E-state index is -0.159. The molecule has 3 aromatic rings. The Morgan fingerprint density at radius 1 is 1.19 bits per heavy atom. The molecule has 2 aromatic carbocycles. The van der Waals surface area contributed by atoms with Crippen LogP contribution in [-0.2, 0) is 11.2 Å². The molecule has 27 heavy (non-hydrogen) atoms.